The van der Waals surface area contributed by atoms with Gasteiger partial charge in [0.15, 0.2) is 5.43 Å². The van der Waals surface area contributed by atoms with Crippen molar-refractivity contribution >= 4 is 21.8 Å². The molecule has 2 aromatic carbocycles. The zero-order valence-electron chi connectivity index (χ0n) is 13.8. The van der Waals surface area contributed by atoms with Gasteiger partial charge in [-0.15, -0.1) is 0 Å². The minimum Gasteiger partial charge on any atom is -0.379 e. The summed E-state index contributed by atoms with van der Waals surface area (Å²) in [6, 6.07) is 15.9. The van der Waals surface area contributed by atoms with E-state index in [2.05, 4.69) is 21.6 Å². The zero-order chi connectivity index (χ0) is 16.4. The van der Waals surface area contributed by atoms with Crippen LogP contribution in [0.4, 0.5) is 0 Å². The number of pyridine rings is 1. The Morgan fingerprint density at radius 1 is 0.833 bits per heavy atom. The highest BCUT2D eigenvalue weighted by atomic mass is 16.5. The lowest BCUT2D eigenvalue weighted by molar-refractivity contribution is 0.0370. The van der Waals surface area contributed by atoms with E-state index in [1.54, 1.807) is 0 Å². The van der Waals surface area contributed by atoms with Gasteiger partial charge in [0.1, 0.15) is 0 Å². The van der Waals surface area contributed by atoms with E-state index in [0.29, 0.717) is 0 Å². The minimum absolute atomic E-state index is 0.130. The Labute approximate surface area is 141 Å². The maximum Gasteiger partial charge on any atom is 0.197 e. The molecule has 1 aliphatic heterocycles. The number of aromatic nitrogens is 1. The lowest BCUT2D eigenvalue weighted by Crippen LogP contribution is -2.37. The molecule has 0 atom stereocenters. The molecule has 1 aromatic heterocycles. The third kappa shape index (κ3) is 2.83. The third-order valence-corrected chi connectivity index (χ3v) is 4.84. The Kier molecular flexibility index (Phi) is 4.32. The molecule has 0 unspecified atom stereocenters. The van der Waals surface area contributed by atoms with E-state index in [-0.39, 0.29) is 5.43 Å². The molecule has 0 aliphatic carbocycles. The van der Waals surface area contributed by atoms with Crippen LogP contribution in [0.15, 0.2) is 53.3 Å². The standard InChI is InChI=1S/C20H22N2O2/c23-20-16-6-1-3-8-18(16)22(19-9-4-2-7-17(19)20)11-5-10-21-12-14-24-15-13-21/h1-4,6-9H,5,10-15H2. The average Bonchev–Trinajstić information content (AvgIpc) is 2.65. The summed E-state index contributed by atoms with van der Waals surface area (Å²) in [5.74, 6) is 0. The van der Waals surface area contributed by atoms with Crippen LogP contribution in [-0.4, -0.2) is 42.3 Å². The van der Waals surface area contributed by atoms with Crippen LogP contribution >= 0.6 is 0 Å². The quantitative estimate of drug-likeness (QED) is 0.693. The van der Waals surface area contributed by atoms with Crippen molar-refractivity contribution in [1.29, 1.82) is 0 Å². The SMILES string of the molecule is O=c1c2ccccc2n(CCCN2CCOCC2)c2ccccc12. The van der Waals surface area contributed by atoms with Gasteiger partial charge in [-0.3, -0.25) is 9.69 Å². The van der Waals surface area contributed by atoms with Crippen LogP contribution in [0.2, 0.25) is 0 Å². The molecular formula is C20H22N2O2. The van der Waals surface area contributed by atoms with Crippen molar-refractivity contribution in [3.8, 4) is 0 Å². The summed E-state index contributed by atoms with van der Waals surface area (Å²) in [5.41, 5.74) is 2.19. The van der Waals surface area contributed by atoms with Crippen molar-refractivity contribution < 1.29 is 4.74 Å². The minimum atomic E-state index is 0.130. The van der Waals surface area contributed by atoms with Gasteiger partial charge in [-0.25, -0.2) is 0 Å². The summed E-state index contributed by atoms with van der Waals surface area (Å²) in [6.45, 7) is 5.70. The summed E-state index contributed by atoms with van der Waals surface area (Å²) in [4.78, 5) is 15.2. The van der Waals surface area contributed by atoms with E-state index in [1.807, 2.05) is 36.4 Å². The van der Waals surface area contributed by atoms with Gasteiger partial charge in [0.2, 0.25) is 0 Å². The summed E-state index contributed by atoms with van der Waals surface area (Å²) >= 11 is 0. The van der Waals surface area contributed by atoms with Crippen LogP contribution in [0.25, 0.3) is 21.8 Å². The van der Waals surface area contributed by atoms with Crippen molar-refractivity contribution in [3.05, 3.63) is 58.8 Å². The predicted molar refractivity (Wildman–Crippen MR) is 97.6 cm³/mol. The molecule has 0 radical (unpaired) electrons. The summed E-state index contributed by atoms with van der Waals surface area (Å²) in [7, 11) is 0. The Morgan fingerprint density at radius 2 is 1.42 bits per heavy atom. The van der Waals surface area contributed by atoms with Crippen LogP contribution < -0.4 is 5.43 Å². The number of fused-ring (bicyclic) bond motifs is 2. The second-order valence-corrected chi connectivity index (χ2v) is 6.32. The molecule has 0 saturated carbocycles. The maximum absolute atomic E-state index is 12.7. The molecule has 4 nitrogen and oxygen atoms in total. The highest BCUT2D eigenvalue weighted by Crippen LogP contribution is 2.19. The van der Waals surface area contributed by atoms with E-state index in [1.165, 1.54) is 0 Å². The number of nitrogens with zero attached hydrogens (tertiary/aromatic N) is 2. The number of hydrogen-bond donors (Lipinski definition) is 0. The predicted octanol–water partition coefficient (Wildman–Crippen LogP) is 2.88. The van der Waals surface area contributed by atoms with Gasteiger partial charge < -0.3 is 9.30 Å². The molecule has 3 aromatic rings. The lowest BCUT2D eigenvalue weighted by atomic mass is 10.1. The molecule has 0 spiro atoms. The number of ether oxygens (including phenoxy) is 1. The summed E-state index contributed by atoms with van der Waals surface area (Å²) in [5, 5.41) is 1.62. The molecule has 0 amide bonds. The largest absolute Gasteiger partial charge is 0.379 e. The highest BCUT2D eigenvalue weighted by Gasteiger charge is 2.12. The van der Waals surface area contributed by atoms with Crippen LogP contribution in [0.1, 0.15) is 6.42 Å². The Bertz CT molecular complexity index is 850. The molecule has 1 saturated heterocycles. The van der Waals surface area contributed by atoms with Gasteiger partial charge in [-0.1, -0.05) is 24.3 Å². The number of rotatable bonds is 4. The smallest absolute Gasteiger partial charge is 0.197 e. The fourth-order valence-corrected chi connectivity index (χ4v) is 3.59. The molecule has 0 N–H and O–H groups in total. The Balaban J connectivity index is 1.69. The van der Waals surface area contributed by atoms with Crippen molar-refractivity contribution in [2.45, 2.75) is 13.0 Å². The molecule has 0 bridgehead atoms. The van der Waals surface area contributed by atoms with Gasteiger partial charge in [0, 0.05) is 37.0 Å². The topological polar surface area (TPSA) is 34.5 Å². The first kappa shape index (κ1) is 15.4. The van der Waals surface area contributed by atoms with E-state index in [4.69, 9.17) is 4.74 Å². The van der Waals surface area contributed by atoms with Crippen molar-refractivity contribution in [2.24, 2.45) is 0 Å². The van der Waals surface area contributed by atoms with E-state index in [9.17, 15) is 4.79 Å². The van der Waals surface area contributed by atoms with Crippen LogP contribution in [0.3, 0.4) is 0 Å². The monoisotopic (exact) mass is 322 g/mol. The first-order valence-electron chi connectivity index (χ1n) is 8.65. The average molecular weight is 322 g/mol. The second kappa shape index (κ2) is 6.75. The number of hydrogen-bond acceptors (Lipinski definition) is 3. The first-order chi connectivity index (χ1) is 11.8. The van der Waals surface area contributed by atoms with Gasteiger partial charge >= 0.3 is 0 Å². The van der Waals surface area contributed by atoms with Crippen LogP contribution in [0.5, 0.6) is 0 Å². The van der Waals surface area contributed by atoms with Crippen LogP contribution in [-0.2, 0) is 11.3 Å². The third-order valence-electron chi connectivity index (χ3n) is 4.84. The van der Waals surface area contributed by atoms with Crippen LogP contribution in [0, 0.1) is 0 Å². The van der Waals surface area contributed by atoms with Crippen molar-refractivity contribution in [3.63, 3.8) is 0 Å². The molecule has 24 heavy (non-hydrogen) atoms. The molecule has 2 heterocycles. The zero-order valence-corrected chi connectivity index (χ0v) is 13.8. The number of morpholine rings is 1. The fourth-order valence-electron chi connectivity index (χ4n) is 3.59. The lowest BCUT2D eigenvalue weighted by Gasteiger charge is -2.26. The summed E-state index contributed by atoms with van der Waals surface area (Å²) in [6.07, 6.45) is 1.07. The Hall–Kier alpha value is -2.17. The van der Waals surface area contributed by atoms with Crippen molar-refractivity contribution in [2.75, 3.05) is 32.8 Å². The number of para-hydroxylation sites is 2. The van der Waals surface area contributed by atoms with E-state index < -0.39 is 0 Å². The molecule has 1 fully saturated rings. The van der Waals surface area contributed by atoms with Gasteiger partial charge in [-0.05, 0) is 30.7 Å². The normalized spacial score (nSPS) is 16.0. The van der Waals surface area contributed by atoms with Gasteiger partial charge in [-0.2, -0.15) is 0 Å². The van der Waals surface area contributed by atoms with E-state index >= 15 is 0 Å². The van der Waals surface area contributed by atoms with Gasteiger partial charge in [0.05, 0.1) is 24.2 Å². The molecule has 1 aliphatic rings. The van der Waals surface area contributed by atoms with Crippen molar-refractivity contribution in [1.82, 2.24) is 9.47 Å². The Morgan fingerprint density at radius 3 is 2.04 bits per heavy atom. The molecule has 4 rings (SSSR count). The molecule has 124 valence electrons. The highest BCUT2D eigenvalue weighted by molar-refractivity contribution is 5.93. The fraction of sp³-hybridized carbons (Fsp3) is 0.350. The maximum atomic E-state index is 12.7. The van der Waals surface area contributed by atoms with Gasteiger partial charge in [0.25, 0.3) is 0 Å². The number of aryl methyl sites for hydroxylation is 1. The van der Waals surface area contributed by atoms with E-state index in [0.717, 1.165) is 67.6 Å². The summed E-state index contributed by atoms with van der Waals surface area (Å²) < 4.78 is 7.71. The second-order valence-electron chi connectivity index (χ2n) is 6.32. The first-order valence-corrected chi connectivity index (χ1v) is 8.65. The molecular weight excluding hydrogens is 300 g/mol. The molecule has 4 heteroatoms. The number of benzene rings is 2.